The second kappa shape index (κ2) is 7.28. The molecule has 0 saturated carbocycles. The Hall–Kier alpha value is -1.36. The summed E-state index contributed by atoms with van der Waals surface area (Å²) < 4.78 is 26.3. The molecule has 0 aliphatic rings. The number of rotatable bonds is 8. The van der Waals surface area contributed by atoms with Gasteiger partial charge in [0.15, 0.2) is 5.03 Å². The number of terminal acetylenes is 1. The van der Waals surface area contributed by atoms with E-state index in [-0.39, 0.29) is 11.6 Å². The first-order chi connectivity index (χ1) is 9.07. The van der Waals surface area contributed by atoms with E-state index in [0.29, 0.717) is 25.1 Å². The van der Waals surface area contributed by atoms with Crippen molar-refractivity contribution < 1.29 is 8.42 Å². The van der Waals surface area contributed by atoms with Crippen molar-refractivity contribution in [3.63, 3.8) is 0 Å². The van der Waals surface area contributed by atoms with Crippen molar-refractivity contribution >= 4 is 10.0 Å². The standard InChI is InChI=1S/C12H20N4O2S/c1-4-7-16(8-5-2)19(17,18)12-11(9-13-6-3)10-14-15-12/h1,10,13H,5-9H2,2-3H3,(H,14,15). The predicted molar refractivity (Wildman–Crippen MR) is 73.9 cm³/mol. The Labute approximate surface area is 114 Å². The summed E-state index contributed by atoms with van der Waals surface area (Å²) in [7, 11) is -3.61. The van der Waals surface area contributed by atoms with Crippen LogP contribution in [0.1, 0.15) is 25.8 Å². The molecule has 19 heavy (non-hydrogen) atoms. The van der Waals surface area contributed by atoms with E-state index in [1.807, 2.05) is 13.8 Å². The molecular weight excluding hydrogens is 264 g/mol. The van der Waals surface area contributed by atoms with Gasteiger partial charge in [0.1, 0.15) is 0 Å². The number of H-pyrrole nitrogens is 1. The van der Waals surface area contributed by atoms with E-state index < -0.39 is 10.0 Å². The quantitative estimate of drug-likeness (QED) is 0.684. The van der Waals surface area contributed by atoms with Crippen molar-refractivity contribution in [1.82, 2.24) is 19.8 Å². The van der Waals surface area contributed by atoms with E-state index in [4.69, 9.17) is 6.42 Å². The van der Waals surface area contributed by atoms with Crippen molar-refractivity contribution in [2.45, 2.75) is 31.8 Å². The molecular formula is C12H20N4O2S. The van der Waals surface area contributed by atoms with Crippen LogP contribution in [0.4, 0.5) is 0 Å². The third-order valence-corrected chi connectivity index (χ3v) is 4.44. The Kier molecular flexibility index (Phi) is 6.02. The zero-order valence-electron chi connectivity index (χ0n) is 11.3. The van der Waals surface area contributed by atoms with Crippen LogP contribution in [0, 0.1) is 12.3 Å². The Balaban J connectivity index is 3.04. The lowest BCUT2D eigenvalue weighted by molar-refractivity contribution is 0.442. The average Bonchev–Trinajstić information content (AvgIpc) is 2.85. The highest BCUT2D eigenvalue weighted by molar-refractivity contribution is 7.89. The summed E-state index contributed by atoms with van der Waals surface area (Å²) in [4.78, 5) is 0. The summed E-state index contributed by atoms with van der Waals surface area (Å²) in [5.74, 6) is 2.38. The van der Waals surface area contributed by atoms with Crippen molar-refractivity contribution in [3.05, 3.63) is 11.8 Å². The molecule has 0 aromatic carbocycles. The first-order valence-electron chi connectivity index (χ1n) is 6.24. The highest BCUT2D eigenvalue weighted by Gasteiger charge is 2.27. The highest BCUT2D eigenvalue weighted by Crippen LogP contribution is 2.17. The van der Waals surface area contributed by atoms with Gasteiger partial charge in [0.05, 0.1) is 12.7 Å². The van der Waals surface area contributed by atoms with Crippen LogP contribution in [0.5, 0.6) is 0 Å². The largest absolute Gasteiger partial charge is 0.313 e. The molecule has 0 bridgehead atoms. The molecule has 0 radical (unpaired) electrons. The first kappa shape index (κ1) is 15.7. The summed E-state index contributed by atoms with van der Waals surface area (Å²) in [5.41, 5.74) is 0.625. The molecule has 0 fully saturated rings. The molecule has 0 atom stereocenters. The lowest BCUT2D eigenvalue weighted by atomic mass is 10.3. The van der Waals surface area contributed by atoms with E-state index >= 15 is 0 Å². The number of hydrogen-bond acceptors (Lipinski definition) is 4. The van der Waals surface area contributed by atoms with Crippen LogP contribution in [-0.4, -0.2) is 42.6 Å². The smallest absolute Gasteiger partial charge is 0.261 e. The monoisotopic (exact) mass is 284 g/mol. The zero-order chi connectivity index (χ0) is 14.3. The van der Waals surface area contributed by atoms with E-state index in [1.165, 1.54) is 10.5 Å². The SMILES string of the molecule is C#CCN(CCC)S(=O)(=O)c1[nH]ncc1CNCC. The number of aromatic nitrogens is 2. The number of nitrogens with zero attached hydrogens (tertiary/aromatic N) is 2. The molecule has 6 nitrogen and oxygen atoms in total. The van der Waals surface area contributed by atoms with Crippen LogP contribution in [0.25, 0.3) is 0 Å². The molecule has 106 valence electrons. The maximum Gasteiger partial charge on any atom is 0.261 e. The van der Waals surface area contributed by atoms with Gasteiger partial charge >= 0.3 is 0 Å². The van der Waals surface area contributed by atoms with E-state index in [9.17, 15) is 8.42 Å². The van der Waals surface area contributed by atoms with Gasteiger partial charge < -0.3 is 5.32 Å². The molecule has 0 spiro atoms. The third kappa shape index (κ3) is 3.80. The van der Waals surface area contributed by atoms with Gasteiger partial charge in [-0.3, -0.25) is 5.10 Å². The molecule has 2 N–H and O–H groups in total. The third-order valence-electron chi connectivity index (χ3n) is 2.58. The topological polar surface area (TPSA) is 78.1 Å². The van der Waals surface area contributed by atoms with Crippen molar-refractivity contribution in [2.75, 3.05) is 19.6 Å². The molecule has 0 saturated heterocycles. The fraction of sp³-hybridized carbons (Fsp3) is 0.583. The van der Waals surface area contributed by atoms with E-state index in [0.717, 1.165) is 6.54 Å². The van der Waals surface area contributed by atoms with Gasteiger partial charge in [-0.2, -0.15) is 9.40 Å². The lowest BCUT2D eigenvalue weighted by Crippen LogP contribution is -2.33. The Morgan fingerprint density at radius 3 is 2.84 bits per heavy atom. The Morgan fingerprint density at radius 2 is 2.26 bits per heavy atom. The molecule has 1 heterocycles. The molecule has 0 aliphatic carbocycles. The maximum atomic E-state index is 12.5. The van der Waals surface area contributed by atoms with Gasteiger partial charge in [0, 0.05) is 18.7 Å². The zero-order valence-corrected chi connectivity index (χ0v) is 12.1. The minimum absolute atomic E-state index is 0.0653. The van der Waals surface area contributed by atoms with Crippen LogP contribution in [0.2, 0.25) is 0 Å². The van der Waals surface area contributed by atoms with Crippen LogP contribution in [-0.2, 0) is 16.6 Å². The second-order valence-electron chi connectivity index (χ2n) is 4.05. The summed E-state index contributed by atoms with van der Waals surface area (Å²) in [6.07, 6.45) is 7.46. The van der Waals surface area contributed by atoms with Gasteiger partial charge in [-0.1, -0.05) is 19.8 Å². The summed E-state index contributed by atoms with van der Waals surface area (Å²) in [6.45, 7) is 5.54. The normalized spacial score (nSPS) is 11.7. The summed E-state index contributed by atoms with van der Waals surface area (Å²) >= 11 is 0. The van der Waals surface area contributed by atoms with Gasteiger partial charge in [-0.25, -0.2) is 8.42 Å². The van der Waals surface area contributed by atoms with Crippen LogP contribution in [0.3, 0.4) is 0 Å². The average molecular weight is 284 g/mol. The molecule has 1 rings (SSSR count). The van der Waals surface area contributed by atoms with Gasteiger partial charge in [-0.15, -0.1) is 6.42 Å². The number of nitrogens with one attached hydrogen (secondary N) is 2. The summed E-state index contributed by atoms with van der Waals surface area (Å²) in [6, 6.07) is 0. The highest BCUT2D eigenvalue weighted by atomic mass is 32.2. The fourth-order valence-corrected chi connectivity index (χ4v) is 3.22. The molecule has 7 heteroatoms. The molecule has 1 aromatic rings. The number of aromatic amines is 1. The molecule has 0 aliphatic heterocycles. The summed E-state index contributed by atoms with van der Waals surface area (Å²) in [5, 5.41) is 9.59. The minimum Gasteiger partial charge on any atom is -0.313 e. The van der Waals surface area contributed by atoms with Crippen molar-refractivity contribution in [2.24, 2.45) is 0 Å². The van der Waals surface area contributed by atoms with E-state index in [1.54, 1.807) is 0 Å². The van der Waals surface area contributed by atoms with Crippen molar-refractivity contribution in [1.29, 1.82) is 0 Å². The van der Waals surface area contributed by atoms with Crippen LogP contribution < -0.4 is 5.32 Å². The minimum atomic E-state index is -3.61. The van der Waals surface area contributed by atoms with Crippen LogP contribution in [0.15, 0.2) is 11.2 Å². The number of sulfonamides is 1. The van der Waals surface area contributed by atoms with Crippen molar-refractivity contribution in [3.8, 4) is 12.3 Å². The molecule has 0 unspecified atom stereocenters. The number of hydrogen-bond donors (Lipinski definition) is 2. The Bertz CT molecular complexity index is 530. The lowest BCUT2D eigenvalue weighted by Gasteiger charge is -2.18. The fourth-order valence-electron chi connectivity index (χ4n) is 1.67. The van der Waals surface area contributed by atoms with Gasteiger partial charge in [0.2, 0.25) is 0 Å². The molecule has 1 aromatic heterocycles. The van der Waals surface area contributed by atoms with E-state index in [2.05, 4.69) is 21.4 Å². The van der Waals surface area contributed by atoms with Gasteiger partial charge in [-0.05, 0) is 13.0 Å². The maximum absolute atomic E-state index is 12.5. The van der Waals surface area contributed by atoms with Crippen LogP contribution >= 0.6 is 0 Å². The Morgan fingerprint density at radius 1 is 1.53 bits per heavy atom. The predicted octanol–water partition coefficient (Wildman–Crippen LogP) is 0.553. The second-order valence-corrected chi connectivity index (χ2v) is 5.92. The molecule has 0 amide bonds. The van der Waals surface area contributed by atoms with Gasteiger partial charge in [0.25, 0.3) is 10.0 Å². The first-order valence-corrected chi connectivity index (χ1v) is 7.68.